The minimum Gasteiger partial charge on any atom is -0.289 e. The zero-order chi connectivity index (χ0) is 20.4. The number of aryl methyl sites for hydroxylation is 3. The first-order valence-electron chi connectivity index (χ1n) is 9.79. The van der Waals surface area contributed by atoms with E-state index in [1.807, 2.05) is 68.5 Å². The van der Waals surface area contributed by atoms with E-state index in [0.29, 0.717) is 5.56 Å². The summed E-state index contributed by atoms with van der Waals surface area (Å²) in [4.78, 5) is 18.1. The lowest BCUT2D eigenvalue weighted by Gasteiger charge is -2.15. The largest absolute Gasteiger partial charge is 0.289 e. The fraction of sp³-hybridized carbons (Fsp3) is 0.111. The fourth-order valence-corrected chi connectivity index (χ4v) is 3.73. The van der Waals surface area contributed by atoms with E-state index in [4.69, 9.17) is 4.98 Å². The number of fused-ring (bicyclic) bond motifs is 1. The quantitative estimate of drug-likeness (QED) is 0.292. The second-order valence-electron chi connectivity index (χ2n) is 7.39. The number of allylic oxidation sites excluding steroid dienone is 1. The Kier molecular flexibility index (Phi) is 5.09. The summed E-state index contributed by atoms with van der Waals surface area (Å²) in [6, 6.07) is 24.4. The van der Waals surface area contributed by atoms with Gasteiger partial charge in [-0.3, -0.25) is 9.78 Å². The van der Waals surface area contributed by atoms with Crippen LogP contribution in [0.15, 0.2) is 78.9 Å². The third-order valence-corrected chi connectivity index (χ3v) is 5.23. The van der Waals surface area contributed by atoms with Crippen LogP contribution in [-0.4, -0.2) is 10.8 Å². The van der Waals surface area contributed by atoms with Crippen molar-refractivity contribution in [1.82, 2.24) is 4.98 Å². The maximum absolute atomic E-state index is 13.3. The molecular weight excluding hydrogens is 354 g/mol. The lowest BCUT2D eigenvalue weighted by Crippen LogP contribution is -2.05. The number of ketones is 1. The van der Waals surface area contributed by atoms with Crippen molar-refractivity contribution in [2.45, 2.75) is 20.8 Å². The molecule has 2 nitrogen and oxygen atoms in total. The highest BCUT2D eigenvalue weighted by molar-refractivity contribution is 6.16. The van der Waals surface area contributed by atoms with Crippen LogP contribution in [0.5, 0.6) is 0 Å². The van der Waals surface area contributed by atoms with Crippen molar-refractivity contribution >= 4 is 22.8 Å². The van der Waals surface area contributed by atoms with E-state index in [9.17, 15) is 4.79 Å². The molecule has 0 unspecified atom stereocenters. The molecule has 4 aromatic rings. The Morgan fingerprint density at radius 1 is 0.862 bits per heavy atom. The third-order valence-electron chi connectivity index (χ3n) is 5.23. The van der Waals surface area contributed by atoms with Gasteiger partial charge >= 0.3 is 0 Å². The van der Waals surface area contributed by atoms with Gasteiger partial charge in [0.1, 0.15) is 0 Å². The monoisotopic (exact) mass is 377 g/mol. The van der Waals surface area contributed by atoms with Gasteiger partial charge in [0.15, 0.2) is 5.78 Å². The number of carbonyl (C=O) groups excluding carboxylic acids is 1. The highest BCUT2D eigenvalue weighted by atomic mass is 16.1. The number of pyridine rings is 1. The molecule has 0 saturated heterocycles. The minimum absolute atomic E-state index is 0.0273. The van der Waals surface area contributed by atoms with E-state index < -0.39 is 0 Å². The Bertz CT molecular complexity index is 1240. The number of hydrogen-bond donors (Lipinski definition) is 0. The van der Waals surface area contributed by atoms with Gasteiger partial charge in [-0.1, -0.05) is 72.3 Å². The molecule has 0 saturated carbocycles. The maximum Gasteiger partial charge on any atom is 0.188 e. The van der Waals surface area contributed by atoms with Crippen molar-refractivity contribution in [3.8, 4) is 11.1 Å². The van der Waals surface area contributed by atoms with Gasteiger partial charge in [-0.2, -0.15) is 0 Å². The molecule has 4 rings (SSSR count). The van der Waals surface area contributed by atoms with Crippen LogP contribution in [0.2, 0.25) is 0 Å². The van der Waals surface area contributed by atoms with Crippen LogP contribution >= 0.6 is 0 Å². The number of rotatable bonds is 4. The molecule has 0 atom stereocenters. The van der Waals surface area contributed by atoms with Crippen molar-refractivity contribution in [1.29, 1.82) is 0 Å². The van der Waals surface area contributed by atoms with Crippen LogP contribution in [0.4, 0.5) is 0 Å². The zero-order valence-electron chi connectivity index (χ0n) is 16.9. The smallest absolute Gasteiger partial charge is 0.188 e. The van der Waals surface area contributed by atoms with Crippen LogP contribution < -0.4 is 0 Å². The van der Waals surface area contributed by atoms with Gasteiger partial charge in [0.25, 0.3) is 0 Å². The van der Waals surface area contributed by atoms with Gasteiger partial charge in [-0.25, -0.2) is 0 Å². The first kappa shape index (κ1) is 18.8. The fourth-order valence-electron chi connectivity index (χ4n) is 3.73. The Balaban J connectivity index is 1.93. The highest BCUT2D eigenvalue weighted by Crippen LogP contribution is 2.34. The standard InChI is InChI=1S/C27H23NO/c1-18-13-15-24-23(17-18)27(22-11-5-4-6-12-22)26(20(3)28-24)25(29)16-14-21-10-8-7-9-19(21)2/h4-17H,1-3H3/b16-14+. The summed E-state index contributed by atoms with van der Waals surface area (Å²) in [6.07, 6.45) is 3.56. The molecule has 0 N–H and O–H groups in total. The summed E-state index contributed by atoms with van der Waals surface area (Å²) in [6.45, 7) is 6.03. The molecule has 1 aromatic heterocycles. The van der Waals surface area contributed by atoms with Crippen LogP contribution in [0, 0.1) is 20.8 Å². The van der Waals surface area contributed by atoms with Crippen molar-refractivity contribution in [3.63, 3.8) is 0 Å². The van der Waals surface area contributed by atoms with Crippen LogP contribution in [0.1, 0.15) is 32.7 Å². The number of nitrogens with zero attached hydrogens (tertiary/aromatic N) is 1. The van der Waals surface area contributed by atoms with Gasteiger partial charge in [0, 0.05) is 16.6 Å². The van der Waals surface area contributed by atoms with Crippen molar-refractivity contribution in [2.75, 3.05) is 0 Å². The molecule has 142 valence electrons. The summed E-state index contributed by atoms with van der Waals surface area (Å²) in [5.74, 6) is -0.0273. The summed E-state index contributed by atoms with van der Waals surface area (Å²) in [5.41, 5.74) is 7.64. The molecule has 0 fully saturated rings. The molecule has 29 heavy (non-hydrogen) atoms. The summed E-state index contributed by atoms with van der Waals surface area (Å²) >= 11 is 0. The van der Waals surface area contributed by atoms with Crippen LogP contribution in [0.25, 0.3) is 28.1 Å². The molecule has 0 radical (unpaired) electrons. The first-order chi connectivity index (χ1) is 14.0. The molecular formula is C27H23NO. The molecule has 0 aliphatic rings. The van der Waals surface area contributed by atoms with E-state index in [-0.39, 0.29) is 5.78 Å². The Morgan fingerprint density at radius 2 is 1.59 bits per heavy atom. The van der Waals surface area contributed by atoms with E-state index in [2.05, 4.69) is 31.2 Å². The summed E-state index contributed by atoms with van der Waals surface area (Å²) < 4.78 is 0. The zero-order valence-corrected chi connectivity index (χ0v) is 16.9. The molecule has 0 aliphatic heterocycles. The topological polar surface area (TPSA) is 30.0 Å². The SMILES string of the molecule is Cc1ccc2nc(C)c(C(=O)/C=C/c3ccccc3C)c(-c3ccccc3)c2c1. The summed E-state index contributed by atoms with van der Waals surface area (Å²) in [5, 5.41) is 1.01. The summed E-state index contributed by atoms with van der Waals surface area (Å²) in [7, 11) is 0. The second kappa shape index (κ2) is 7.84. The second-order valence-corrected chi connectivity index (χ2v) is 7.39. The van der Waals surface area contributed by atoms with Gasteiger partial charge < -0.3 is 0 Å². The van der Waals surface area contributed by atoms with Crippen LogP contribution in [0.3, 0.4) is 0 Å². The molecule has 2 heteroatoms. The van der Waals surface area contributed by atoms with Gasteiger partial charge in [-0.05, 0) is 55.7 Å². The number of aromatic nitrogens is 1. The van der Waals surface area contributed by atoms with E-state index >= 15 is 0 Å². The van der Waals surface area contributed by atoms with Gasteiger partial charge in [0.2, 0.25) is 0 Å². The normalized spacial score (nSPS) is 11.3. The van der Waals surface area contributed by atoms with E-state index in [1.165, 1.54) is 0 Å². The number of hydrogen-bond acceptors (Lipinski definition) is 2. The van der Waals surface area contributed by atoms with Crippen molar-refractivity contribution in [3.05, 3.63) is 107 Å². The Hall–Kier alpha value is -3.52. The van der Waals surface area contributed by atoms with Gasteiger partial charge in [0.05, 0.1) is 11.1 Å². The van der Waals surface area contributed by atoms with E-state index in [1.54, 1.807) is 6.08 Å². The van der Waals surface area contributed by atoms with Gasteiger partial charge in [-0.15, -0.1) is 0 Å². The first-order valence-corrected chi connectivity index (χ1v) is 9.79. The predicted molar refractivity (Wildman–Crippen MR) is 121 cm³/mol. The average molecular weight is 377 g/mol. The molecule has 0 spiro atoms. The number of benzene rings is 3. The lowest BCUT2D eigenvalue weighted by atomic mass is 9.91. The van der Waals surface area contributed by atoms with Crippen molar-refractivity contribution in [2.24, 2.45) is 0 Å². The minimum atomic E-state index is -0.0273. The lowest BCUT2D eigenvalue weighted by molar-refractivity contribution is 0.104. The third kappa shape index (κ3) is 3.74. The molecule has 3 aromatic carbocycles. The number of carbonyl (C=O) groups is 1. The van der Waals surface area contributed by atoms with E-state index in [0.717, 1.165) is 44.4 Å². The van der Waals surface area contributed by atoms with Crippen LogP contribution in [-0.2, 0) is 0 Å². The Labute approximate surface area is 171 Å². The van der Waals surface area contributed by atoms with Crippen molar-refractivity contribution < 1.29 is 4.79 Å². The average Bonchev–Trinajstić information content (AvgIpc) is 2.73. The highest BCUT2D eigenvalue weighted by Gasteiger charge is 2.19. The molecule has 0 amide bonds. The molecule has 1 heterocycles. The molecule has 0 bridgehead atoms. The predicted octanol–water partition coefficient (Wildman–Crippen LogP) is 6.72. The Morgan fingerprint density at radius 3 is 2.34 bits per heavy atom. The maximum atomic E-state index is 13.3. The molecule has 0 aliphatic carbocycles.